The molecule has 0 aliphatic rings. The molecule has 7 heteroatoms. The average Bonchev–Trinajstić information content (AvgIpc) is 2.71. The molecule has 0 atom stereocenters. The van der Waals surface area contributed by atoms with Crippen LogP contribution in [0.15, 0.2) is 47.3 Å². The molecular weight excluding hydrogens is 382 g/mol. The van der Waals surface area contributed by atoms with Gasteiger partial charge in [-0.15, -0.1) is 0 Å². The number of nitrogens with one attached hydrogen (secondary N) is 1. The highest BCUT2D eigenvalue weighted by molar-refractivity contribution is 5.92. The van der Waals surface area contributed by atoms with E-state index < -0.39 is 0 Å². The van der Waals surface area contributed by atoms with Crippen molar-refractivity contribution < 1.29 is 14.3 Å². The van der Waals surface area contributed by atoms with Gasteiger partial charge in [0.05, 0.1) is 19.9 Å². The molecule has 7 nitrogen and oxygen atoms in total. The summed E-state index contributed by atoms with van der Waals surface area (Å²) < 4.78 is 11.8. The first-order valence-corrected chi connectivity index (χ1v) is 9.50. The van der Waals surface area contributed by atoms with Gasteiger partial charge >= 0.3 is 0 Å². The molecule has 0 radical (unpaired) electrons. The number of rotatable bonds is 6. The quantitative estimate of drug-likeness (QED) is 0.676. The number of anilines is 1. The lowest BCUT2D eigenvalue weighted by Crippen LogP contribution is -2.29. The van der Waals surface area contributed by atoms with Gasteiger partial charge in [-0.2, -0.15) is 5.10 Å². The van der Waals surface area contributed by atoms with E-state index in [0.717, 1.165) is 27.1 Å². The van der Waals surface area contributed by atoms with Crippen molar-refractivity contribution in [2.75, 3.05) is 19.5 Å². The van der Waals surface area contributed by atoms with Gasteiger partial charge in [0.15, 0.2) is 0 Å². The van der Waals surface area contributed by atoms with Gasteiger partial charge in [0, 0.05) is 17.3 Å². The second-order valence-corrected chi connectivity index (χ2v) is 7.10. The number of amides is 1. The summed E-state index contributed by atoms with van der Waals surface area (Å²) in [4.78, 5) is 25.0. The molecule has 0 saturated carbocycles. The Hall–Kier alpha value is -3.61. The molecule has 1 aromatic heterocycles. The summed E-state index contributed by atoms with van der Waals surface area (Å²) in [7, 11) is 3.13. The first kappa shape index (κ1) is 21.1. The van der Waals surface area contributed by atoms with E-state index in [1.807, 2.05) is 32.9 Å². The number of ether oxygens (including phenoxy) is 2. The van der Waals surface area contributed by atoms with Crippen molar-refractivity contribution in [3.63, 3.8) is 0 Å². The molecule has 1 heterocycles. The Morgan fingerprint density at radius 3 is 2.33 bits per heavy atom. The van der Waals surface area contributed by atoms with E-state index in [9.17, 15) is 9.59 Å². The largest absolute Gasteiger partial charge is 0.497 e. The molecule has 0 aliphatic heterocycles. The van der Waals surface area contributed by atoms with Gasteiger partial charge in [0.2, 0.25) is 5.91 Å². The highest BCUT2D eigenvalue weighted by Crippen LogP contribution is 2.31. The minimum atomic E-state index is -0.367. The number of methoxy groups -OCH3 is 2. The number of carbonyl (C=O) groups excluding carboxylic acids is 1. The third-order valence-electron chi connectivity index (χ3n) is 4.78. The smallest absolute Gasteiger partial charge is 0.267 e. The van der Waals surface area contributed by atoms with Crippen LogP contribution in [0.25, 0.3) is 11.3 Å². The fourth-order valence-corrected chi connectivity index (χ4v) is 3.41. The molecule has 0 bridgehead atoms. The van der Waals surface area contributed by atoms with Crippen LogP contribution in [0.3, 0.4) is 0 Å². The van der Waals surface area contributed by atoms with Gasteiger partial charge < -0.3 is 14.8 Å². The fourth-order valence-electron chi connectivity index (χ4n) is 3.41. The van der Waals surface area contributed by atoms with Crippen LogP contribution in [0.5, 0.6) is 11.5 Å². The lowest BCUT2D eigenvalue weighted by molar-refractivity contribution is -0.117. The fraction of sp³-hybridized carbons (Fsp3) is 0.261. The maximum atomic E-state index is 12.6. The number of hydrogen-bond donors (Lipinski definition) is 1. The molecule has 1 amide bonds. The summed E-state index contributed by atoms with van der Waals surface area (Å²) in [5, 5.41) is 7.27. The van der Waals surface area contributed by atoms with Crippen LogP contribution in [0.1, 0.15) is 16.7 Å². The number of aromatic nitrogens is 2. The van der Waals surface area contributed by atoms with Crippen LogP contribution in [-0.4, -0.2) is 29.9 Å². The van der Waals surface area contributed by atoms with Crippen LogP contribution in [0.4, 0.5) is 5.69 Å². The zero-order valence-electron chi connectivity index (χ0n) is 17.8. The Balaban J connectivity index is 1.90. The molecule has 30 heavy (non-hydrogen) atoms. The molecule has 0 spiro atoms. The van der Waals surface area contributed by atoms with Crippen molar-refractivity contribution in [1.29, 1.82) is 0 Å². The average molecular weight is 407 g/mol. The summed E-state index contributed by atoms with van der Waals surface area (Å²) in [6.07, 6.45) is 0. The van der Waals surface area contributed by atoms with E-state index in [4.69, 9.17) is 9.47 Å². The van der Waals surface area contributed by atoms with Gasteiger partial charge in [-0.1, -0.05) is 17.7 Å². The Bertz CT molecular complexity index is 1130. The van der Waals surface area contributed by atoms with Crippen molar-refractivity contribution >= 4 is 11.6 Å². The second-order valence-electron chi connectivity index (χ2n) is 7.10. The maximum absolute atomic E-state index is 12.6. The number of carbonyl (C=O) groups is 1. The van der Waals surface area contributed by atoms with Crippen LogP contribution >= 0.6 is 0 Å². The van der Waals surface area contributed by atoms with E-state index >= 15 is 0 Å². The van der Waals surface area contributed by atoms with Crippen molar-refractivity contribution in [3.8, 4) is 22.8 Å². The van der Waals surface area contributed by atoms with E-state index in [2.05, 4.69) is 10.4 Å². The van der Waals surface area contributed by atoms with Gasteiger partial charge in [0.25, 0.3) is 5.56 Å². The van der Waals surface area contributed by atoms with E-state index in [1.165, 1.54) is 6.07 Å². The number of hydrogen-bond acceptors (Lipinski definition) is 5. The van der Waals surface area contributed by atoms with E-state index in [-0.39, 0.29) is 18.0 Å². The van der Waals surface area contributed by atoms with Gasteiger partial charge in [-0.3, -0.25) is 9.59 Å². The Kier molecular flexibility index (Phi) is 6.20. The highest BCUT2D eigenvalue weighted by Gasteiger charge is 2.14. The molecule has 0 saturated heterocycles. The molecule has 1 N–H and O–H groups in total. The maximum Gasteiger partial charge on any atom is 0.267 e. The van der Waals surface area contributed by atoms with Crippen LogP contribution < -0.4 is 20.3 Å². The summed E-state index contributed by atoms with van der Waals surface area (Å²) in [6, 6.07) is 12.3. The normalized spacial score (nSPS) is 10.6. The van der Waals surface area contributed by atoms with Crippen molar-refractivity contribution in [2.24, 2.45) is 0 Å². The lowest BCUT2D eigenvalue weighted by atomic mass is 10.1. The summed E-state index contributed by atoms with van der Waals surface area (Å²) in [6.45, 7) is 5.69. The predicted octanol–water partition coefficient (Wildman–Crippen LogP) is 3.49. The summed E-state index contributed by atoms with van der Waals surface area (Å²) >= 11 is 0. The SMILES string of the molecule is COc1ccc(OC)c(-c2ccc(=O)n(CC(=O)Nc3c(C)cc(C)cc3C)n2)c1. The number of benzene rings is 2. The topological polar surface area (TPSA) is 82.5 Å². The molecule has 2 aromatic carbocycles. The third kappa shape index (κ3) is 4.51. The first-order chi connectivity index (χ1) is 14.3. The molecule has 0 aliphatic carbocycles. The molecule has 0 fully saturated rings. The van der Waals surface area contributed by atoms with Gasteiger partial charge in [-0.25, -0.2) is 4.68 Å². The predicted molar refractivity (Wildman–Crippen MR) is 116 cm³/mol. The van der Waals surface area contributed by atoms with Crippen LogP contribution in [-0.2, 0) is 11.3 Å². The summed E-state index contributed by atoms with van der Waals surface area (Å²) in [5.74, 6) is 0.895. The standard InChI is InChI=1S/C23H25N3O4/c1-14-10-15(2)23(16(3)11-14)24-21(27)13-26-22(28)9-7-19(25-26)18-12-17(29-4)6-8-20(18)30-5/h6-12H,13H2,1-5H3,(H,24,27). The molecular formula is C23H25N3O4. The number of nitrogens with zero attached hydrogens (tertiary/aromatic N) is 2. The third-order valence-corrected chi connectivity index (χ3v) is 4.78. The molecule has 0 unspecified atom stereocenters. The zero-order valence-corrected chi connectivity index (χ0v) is 17.8. The molecule has 3 aromatic rings. The minimum Gasteiger partial charge on any atom is -0.497 e. The minimum absolute atomic E-state index is 0.203. The van der Waals surface area contributed by atoms with E-state index in [0.29, 0.717) is 22.8 Å². The van der Waals surface area contributed by atoms with Gasteiger partial charge in [0.1, 0.15) is 18.0 Å². The van der Waals surface area contributed by atoms with Gasteiger partial charge in [-0.05, 0) is 56.2 Å². The zero-order chi connectivity index (χ0) is 21.8. The lowest BCUT2D eigenvalue weighted by Gasteiger charge is -2.14. The van der Waals surface area contributed by atoms with Crippen LogP contribution in [0, 0.1) is 20.8 Å². The molecule has 156 valence electrons. The van der Waals surface area contributed by atoms with Crippen molar-refractivity contribution in [1.82, 2.24) is 9.78 Å². The molecule has 3 rings (SSSR count). The Morgan fingerprint density at radius 1 is 1.00 bits per heavy atom. The second kappa shape index (κ2) is 8.82. The Labute approximate surface area is 175 Å². The monoisotopic (exact) mass is 407 g/mol. The highest BCUT2D eigenvalue weighted by atomic mass is 16.5. The van der Waals surface area contributed by atoms with E-state index in [1.54, 1.807) is 38.5 Å². The van der Waals surface area contributed by atoms with Crippen molar-refractivity contribution in [2.45, 2.75) is 27.3 Å². The Morgan fingerprint density at radius 2 is 1.70 bits per heavy atom. The van der Waals surface area contributed by atoms with Crippen molar-refractivity contribution in [3.05, 3.63) is 69.5 Å². The number of aryl methyl sites for hydroxylation is 3. The summed E-state index contributed by atoms with van der Waals surface area (Å²) in [5.41, 5.74) is 4.61. The first-order valence-electron chi connectivity index (χ1n) is 9.50. The van der Waals surface area contributed by atoms with Crippen LogP contribution in [0.2, 0.25) is 0 Å².